The summed E-state index contributed by atoms with van der Waals surface area (Å²) in [4.78, 5) is 36.7. The smallest absolute Gasteiger partial charge is 0.253 e. The molecule has 0 radical (unpaired) electrons. The maximum atomic E-state index is 12.7. The van der Waals surface area contributed by atoms with Crippen molar-refractivity contribution < 1.29 is 9.59 Å². The van der Waals surface area contributed by atoms with E-state index in [1.54, 1.807) is 6.20 Å². The number of rotatable bonds is 3. The second-order valence-electron chi connectivity index (χ2n) is 7.76. The predicted molar refractivity (Wildman–Crippen MR) is 121 cm³/mol. The molecule has 5 rings (SSSR count). The van der Waals surface area contributed by atoms with Crippen molar-refractivity contribution in [3.63, 3.8) is 0 Å². The average molecular weight is 435 g/mol. The lowest BCUT2D eigenvalue weighted by atomic mass is 10.1. The number of anilines is 3. The molecule has 1 aromatic carbocycles. The van der Waals surface area contributed by atoms with E-state index >= 15 is 0 Å². The Morgan fingerprint density at radius 2 is 2.10 bits per heavy atom. The molecule has 2 aliphatic heterocycles. The van der Waals surface area contributed by atoms with Crippen LogP contribution in [0.1, 0.15) is 22.8 Å². The Labute approximate surface area is 183 Å². The van der Waals surface area contributed by atoms with E-state index in [2.05, 4.69) is 32.8 Å². The minimum atomic E-state index is -0.0677. The van der Waals surface area contributed by atoms with Crippen LogP contribution in [0.3, 0.4) is 0 Å². The van der Waals surface area contributed by atoms with E-state index in [0.717, 1.165) is 34.1 Å². The van der Waals surface area contributed by atoms with Gasteiger partial charge in [-0.15, -0.1) is 11.3 Å². The van der Waals surface area contributed by atoms with Gasteiger partial charge in [0.05, 0.1) is 22.7 Å². The summed E-state index contributed by atoms with van der Waals surface area (Å²) in [7, 11) is 0. The van der Waals surface area contributed by atoms with Crippen LogP contribution in [0.4, 0.5) is 17.3 Å². The number of nitrogens with zero attached hydrogens (tertiary/aromatic N) is 3. The molecule has 0 saturated carbocycles. The van der Waals surface area contributed by atoms with Gasteiger partial charge in [0.15, 0.2) is 0 Å². The highest BCUT2D eigenvalue weighted by molar-refractivity contribution is 7.14. The van der Waals surface area contributed by atoms with Gasteiger partial charge in [-0.2, -0.15) is 0 Å². The van der Waals surface area contributed by atoms with Gasteiger partial charge >= 0.3 is 0 Å². The number of aromatic nitrogens is 2. The number of carbonyl (C=O) groups excluding carboxylic acids is 2. The molecule has 2 amide bonds. The molecular formula is C22H22N6O2S. The van der Waals surface area contributed by atoms with E-state index in [0.29, 0.717) is 30.6 Å². The molecule has 4 heterocycles. The summed E-state index contributed by atoms with van der Waals surface area (Å²) in [6.07, 6.45) is 1.95. The molecule has 3 aromatic rings. The van der Waals surface area contributed by atoms with Crippen LogP contribution >= 0.6 is 11.3 Å². The van der Waals surface area contributed by atoms with Crippen molar-refractivity contribution in [1.82, 2.24) is 20.2 Å². The molecule has 8 nitrogen and oxygen atoms in total. The monoisotopic (exact) mass is 434 g/mol. The van der Waals surface area contributed by atoms with Crippen molar-refractivity contribution in [2.75, 3.05) is 30.3 Å². The molecule has 0 spiro atoms. The van der Waals surface area contributed by atoms with Crippen molar-refractivity contribution in [3.8, 4) is 10.6 Å². The van der Waals surface area contributed by atoms with Crippen molar-refractivity contribution >= 4 is 40.5 Å². The summed E-state index contributed by atoms with van der Waals surface area (Å²) in [5.41, 5.74) is 3.80. The van der Waals surface area contributed by atoms with Gasteiger partial charge in [0.25, 0.3) is 5.91 Å². The van der Waals surface area contributed by atoms with Crippen LogP contribution in [0.2, 0.25) is 0 Å². The standard InChI is InChI=1S/C22H22N6O2S/c1-13-12-28(8-7-23-13)21(30)14-2-4-16(5-3-14)25-22-24-11-15-10-18(29)26-17-6-9-31-20(17)19(15)27-22/h2-6,9,11,13,23H,7-8,10,12H2,1H3,(H,26,29)(H,24,25,27). The van der Waals surface area contributed by atoms with Gasteiger partial charge in [0.1, 0.15) is 0 Å². The first-order chi connectivity index (χ1) is 15.1. The molecule has 0 aliphatic carbocycles. The van der Waals surface area contributed by atoms with Crippen molar-refractivity contribution in [2.24, 2.45) is 0 Å². The first-order valence-corrected chi connectivity index (χ1v) is 11.1. The van der Waals surface area contributed by atoms with Crippen LogP contribution in [-0.4, -0.2) is 52.4 Å². The van der Waals surface area contributed by atoms with Gasteiger partial charge in [0, 0.05) is 48.7 Å². The fourth-order valence-corrected chi connectivity index (χ4v) is 4.75. The largest absolute Gasteiger partial charge is 0.336 e. The number of carbonyl (C=O) groups is 2. The number of fused-ring (bicyclic) bond motifs is 3. The molecule has 2 aliphatic rings. The predicted octanol–water partition coefficient (Wildman–Crippen LogP) is 2.88. The fraction of sp³-hybridized carbons (Fsp3) is 0.273. The van der Waals surface area contributed by atoms with Gasteiger partial charge < -0.3 is 20.9 Å². The first kappa shape index (κ1) is 19.7. The second-order valence-corrected chi connectivity index (χ2v) is 8.68. The molecule has 1 unspecified atom stereocenters. The number of piperazine rings is 1. The number of thiophene rings is 1. The van der Waals surface area contributed by atoms with Crippen molar-refractivity contribution in [1.29, 1.82) is 0 Å². The molecule has 3 N–H and O–H groups in total. The van der Waals surface area contributed by atoms with Crippen LogP contribution < -0.4 is 16.0 Å². The molecule has 158 valence electrons. The molecule has 1 saturated heterocycles. The van der Waals surface area contributed by atoms with Gasteiger partial charge in [-0.05, 0) is 42.6 Å². The minimum Gasteiger partial charge on any atom is -0.336 e. The zero-order valence-electron chi connectivity index (χ0n) is 17.0. The number of benzene rings is 1. The van der Waals surface area contributed by atoms with Gasteiger partial charge in [-0.3, -0.25) is 9.59 Å². The molecule has 1 fully saturated rings. The Kier molecular flexibility index (Phi) is 5.13. The molecule has 31 heavy (non-hydrogen) atoms. The van der Waals surface area contributed by atoms with Crippen LogP contribution in [0.15, 0.2) is 41.9 Å². The van der Waals surface area contributed by atoms with Crippen molar-refractivity contribution in [3.05, 3.63) is 53.0 Å². The highest BCUT2D eigenvalue weighted by Crippen LogP contribution is 2.37. The zero-order chi connectivity index (χ0) is 21.4. The lowest BCUT2D eigenvalue weighted by Crippen LogP contribution is -2.51. The normalized spacial score (nSPS) is 17.9. The third-order valence-electron chi connectivity index (χ3n) is 5.41. The van der Waals surface area contributed by atoms with E-state index in [4.69, 9.17) is 0 Å². The Morgan fingerprint density at radius 1 is 1.26 bits per heavy atom. The third kappa shape index (κ3) is 4.01. The third-order valence-corrected chi connectivity index (χ3v) is 6.34. The molecule has 9 heteroatoms. The van der Waals surface area contributed by atoms with E-state index < -0.39 is 0 Å². The highest BCUT2D eigenvalue weighted by atomic mass is 32.1. The average Bonchev–Trinajstić information content (AvgIpc) is 3.17. The van der Waals surface area contributed by atoms with E-state index in [1.807, 2.05) is 40.6 Å². The maximum absolute atomic E-state index is 12.7. The zero-order valence-corrected chi connectivity index (χ0v) is 17.8. The molecular weight excluding hydrogens is 412 g/mol. The van der Waals surface area contributed by atoms with E-state index in [9.17, 15) is 9.59 Å². The number of nitrogens with one attached hydrogen (secondary N) is 3. The molecule has 0 bridgehead atoms. The topological polar surface area (TPSA) is 99.2 Å². The Morgan fingerprint density at radius 3 is 2.90 bits per heavy atom. The minimum absolute atomic E-state index is 0.0450. The van der Waals surface area contributed by atoms with Gasteiger partial charge in [-0.25, -0.2) is 9.97 Å². The van der Waals surface area contributed by atoms with Crippen molar-refractivity contribution in [2.45, 2.75) is 19.4 Å². The lowest BCUT2D eigenvalue weighted by molar-refractivity contribution is -0.115. The Bertz CT molecular complexity index is 1140. The summed E-state index contributed by atoms with van der Waals surface area (Å²) in [6, 6.07) is 9.54. The summed E-state index contributed by atoms with van der Waals surface area (Å²) in [5, 5.41) is 11.4. The fourth-order valence-electron chi connectivity index (χ4n) is 3.88. The number of hydrogen-bond acceptors (Lipinski definition) is 7. The number of hydrogen-bond donors (Lipinski definition) is 3. The van der Waals surface area contributed by atoms with Crippen LogP contribution in [-0.2, 0) is 11.2 Å². The summed E-state index contributed by atoms with van der Waals surface area (Å²) in [5.74, 6) is 0.424. The Balaban J connectivity index is 1.35. The van der Waals surface area contributed by atoms with E-state index in [1.165, 1.54) is 11.3 Å². The SMILES string of the molecule is CC1CN(C(=O)c2ccc(Nc3ncc4c(n3)-c3sccc3NC(=O)C4)cc2)CCN1. The number of amides is 2. The van der Waals surface area contributed by atoms with Crippen LogP contribution in [0.25, 0.3) is 10.6 Å². The lowest BCUT2D eigenvalue weighted by Gasteiger charge is -2.32. The summed E-state index contributed by atoms with van der Waals surface area (Å²) < 4.78 is 0. The Hall–Kier alpha value is -3.30. The van der Waals surface area contributed by atoms with Gasteiger partial charge in [-0.1, -0.05) is 0 Å². The van der Waals surface area contributed by atoms with E-state index in [-0.39, 0.29) is 18.2 Å². The van der Waals surface area contributed by atoms with Crippen LogP contribution in [0, 0.1) is 0 Å². The first-order valence-electron chi connectivity index (χ1n) is 10.2. The maximum Gasteiger partial charge on any atom is 0.253 e. The highest BCUT2D eigenvalue weighted by Gasteiger charge is 2.23. The second kappa shape index (κ2) is 8.09. The summed E-state index contributed by atoms with van der Waals surface area (Å²) >= 11 is 1.54. The molecule has 1 atom stereocenters. The van der Waals surface area contributed by atoms with Gasteiger partial charge in [0.2, 0.25) is 11.9 Å². The van der Waals surface area contributed by atoms with Crippen LogP contribution in [0.5, 0.6) is 0 Å². The molecule has 2 aromatic heterocycles. The quantitative estimate of drug-likeness (QED) is 0.586. The summed E-state index contributed by atoms with van der Waals surface area (Å²) in [6.45, 7) is 4.32.